The van der Waals surface area contributed by atoms with Crippen LogP contribution in [0.1, 0.15) is 0 Å². The molecule has 0 bridgehead atoms. The summed E-state index contributed by atoms with van der Waals surface area (Å²) in [6.45, 7) is 1.96. The summed E-state index contributed by atoms with van der Waals surface area (Å²) in [6.07, 6.45) is 0.247. The Bertz CT molecular complexity index is 276. The average molecular weight is 216 g/mol. The van der Waals surface area contributed by atoms with E-state index in [1.807, 2.05) is 0 Å². The number of nitrogens with zero attached hydrogens (tertiary/aromatic N) is 1. The first-order valence-corrected chi connectivity index (χ1v) is 4.02. The van der Waals surface area contributed by atoms with Gasteiger partial charge in [-0.1, -0.05) is 12.7 Å². The molecule has 0 aliphatic heterocycles. The molecular weight excluding hydrogens is 204 g/mol. The number of carbonyl (C=O) groups excluding carboxylic acids is 2. The minimum atomic E-state index is -1.33. The molecule has 0 aromatic rings. The SMILES string of the molecule is C=CCOC(=O)N(CC(=O)O)C(=O)CN. The van der Waals surface area contributed by atoms with Gasteiger partial charge in [-0.25, -0.2) is 9.69 Å². The highest BCUT2D eigenvalue weighted by molar-refractivity contribution is 5.95. The molecule has 0 atom stereocenters. The van der Waals surface area contributed by atoms with E-state index in [-0.39, 0.29) is 6.61 Å². The van der Waals surface area contributed by atoms with E-state index in [1.165, 1.54) is 6.08 Å². The lowest BCUT2D eigenvalue weighted by Crippen LogP contribution is -2.44. The van der Waals surface area contributed by atoms with Crippen LogP contribution in [0.4, 0.5) is 4.79 Å². The predicted octanol–water partition coefficient (Wildman–Crippen LogP) is -0.819. The van der Waals surface area contributed by atoms with Crippen molar-refractivity contribution in [1.29, 1.82) is 0 Å². The summed E-state index contributed by atoms with van der Waals surface area (Å²) in [5.41, 5.74) is 5.00. The maximum absolute atomic E-state index is 11.2. The smallest absolute Gasteiger partial charge is 0.417 e. The number of aliphatic carboxylic acids is 1. The molecule has 0 aromatic carbocycles. The number of ether oxygens (including phenoxy) is 1. The van der Waals surface area contributed by atoms with Crippen LogP contribution < -0.4 is 5.73 Å². The maximum atomic E-state index is 11.2. The molecule has 0 spiro atoms. The maximum Gasteiger partial charge on any atom is 0.417 e. The van der Waals surface area contributed by atoms with Gasteiger partial charge < -0.3 is 15.6 Å². The lowest BCUT2D eigenvalue weighted by molar-refractivity contribution is -0.142. The molecule has 84 valence electrons. The van der Waals surface area contributed by atoms with Crippen LogP contribution in [0.2, 0.25) is 0 Å². The second-order valence-corrected chi connectivity index (χ2v) is 2.44. The van der Waals surface area contributed by atoms with Gasteiger partial charge in [-0.05, 0) is 0 Å². The topological polar surface area (TPSA) is 110 Å². The molecule has 0 aliphatic carbocycles. The molecule has 7 nitrogen and oxygen atoms in total. The average Bonchev–Trinajstić information content (AvgIpc) is 2.21. The predicted molar refractivity (Wildman–Crippen MR) is 49.9 cm³/mol. The molecule has 15 heavy (non-hydrogen) atoms. The number of imide groups is 1. The summed E-state index contributed by atoms with van der Waals surface area (Å²) < 4.78 is 4.51. The second kappa shape index (κ2) is 6.55. The Labute approximate surface area is 86.1 Å². The third-order valence-corrected chi connectivity index (χ3v) is 1.31. The van der Waals surface area contributed by atoms with Gasteiger partial charge in [0.2, 0.25) is 5.91 Å². The zero-order valence-corrected chi connectivity index (χ0v) is 8.01. The van der Waals surface area contributed by atoms with E-state index in [0.717, 1.165) is 0 Å². The number of amides is 2. The van der Waals surface area contributed by atoms with Crippen LogP contribution in [-0.4, -0.2) is 47.7 Å². The molecule has 0 saturated carbocycles. The summed E-state index contributed by atoms with van der Waals surface area (Å²) in [4.78, 5) is 33.0. The number of nitrogens with two attached hydrogens (primary N) is 1. The number of hydrogen-bond donors (Lipinski definition) is 2. The first-order chi connectivity index (χ1) is 7.02. The van der Waals surface area contributed by atoms with E-state index in [1.54, 1.807) is 0 Å². The number of rotatable bonds is 5. The molecule has 0 rings (SSSR count). The summed E-state index contributed by atoms with van der Waals surface area (Å²) in [7, 11) is 0. The van der Waals surface area contributed by atoms with Crippen LogP contribution in [0.25, 0.3) is 0 Å². The van der Waals surface area contributed by atoms with E-state index in [2.05, 4.69) is 11.3 Å². The summed E-state index contributed by atoms with van der Waals surface area (Å²) in [6, 6.07) is 0. The Morgan fingerprint density at radius 1 is 1.47 bits per heavy atom. The number of hydrogen-bond acceptors (Lipinski definition) is 5. The van der Waals surface area contributed by atoms with Gasteiger partial charge in [-0.3, -0.25) is 9.59 Å². The van der Waals surface area contributed by atoms with Gasteiger partial charge in [0.25, 0.3) is 0 Å². The molecule has 3 N–H and O–H groups in total. The first kappa shape index (κ1) is 13.1. The molecule has 0 saturated heterocycles. The molecule has 0 fully saturated rings. The van der Waals surface area contributed by atoms with E-state index in [0.29, 0.717) is 4.90 Å². The summed E-state index contributed by atoms with van der Waals surface area (Å²) in [5, 5.41) is 8.44. The Hall–Kier alpha value is -1.89. The van der Waals surface area contributed by atoms with Crippen molar-refractivity contribution in [1.82, 2.24) is 4.90 Å². The number of carboxylic acids is 1. The fourth-order valence-corrected chi connectivity index (χ4v) is 0.708. The van der Waals surface area contributed by atoms with Gasteiger partial charge in [-0.15, -0.1) is 0 Å². The van der Waals surface area contributed by atoms with Crippen LogP contribution >= 0.6 is 0 Å². The van der Waals surface area contributed by atoms with Crippen molar-refractivity contribution >= 4 is 18.0 Å². The standard InChI is InChI=1S/C8H12N2O5/c1-2-3-15-8(14)10(5-7(12)13)6(11)4-9/h2H,1,3-5,9H2,(H,12,13). The van der Waals surface area contributed by atoms with Crippen molar-refractivity contribution in [2.24, 2.45) is 5.73 Å². The second-order valence-electron chi connectivity index (χ2n) is 2.44. The highest BCUT2D eigenvalue weighted by atomic mass is 16.6. The van der Waals surface area contributed by atoms with Gasteiger partial charge in [0.05, 0.1) is 6.54 Å². The van der Waals surface area contributed by atoms with Crippen molar-refractivity contribution in [3.05, 3.63) is 12.7 Å². The normalized spacial score (nSPS) is 9.13. The molecule has 2 amide bonds. The van der Waals surface area contributed by atoms with Gasteiger partial charge in [0, 0.05) is 0 Å². The number of carbonyl (C=O) groups is 3. The van der Waals surface area contributed by atoms with Crippen molar-refractivity contribution in [2.75, 3.05) is 19.7 Å². The van der Waals surface area contributed by atoms with Gasteiger partial charge in [-0.2, -0.15) is 0 Å². The highest BCUT2D eigenvalue weighted by Crippen LogP contribution is 1.95. The monoisotopic (exact) mass is 216 g/mol. The quantitative estimate of drug-likeness (QED) is 0.581. The molecule has 0 radical (unpaired) electrons. The lowest BCUT2D eigenvalue weighted by Gasteiger charge is -2.16. The van der Waals surface area contributed by atoms with Crippen molar-refractivity contribution in [2.45, 2.75) is 0 Å². The Morgan fingerprint density at radius 2 is 2.07 bits per heavy atom. The Morgan fingerprint density at radius 3 is 2.47 bits per heavy atom. The van der Waals surface area contributed by atoms with E-state index < -0.39 is 31.1 Å². The van der Waals surface area contributed by atoms with Gasteiger partial charge >= 0.3 is 12.1 Å². The minimum absolute atomic E-state index is 0.104. The van der Waals surface area contributed by atoms with Crippen molar-refractivity contribution in [3.8, 4) is 0 Å². The van der Waals surface area contributed by atoms with Crippen LogP contribution in [0.3, 0.4) is 0 Å². The highest BCUT2D eigenvalue weighted by Gasteiger charge is 2.23. The fourth-order valence-electron chi connectivity index (χ4n) is 0.708. The Balaban J connectivity index is 4.46. The van der Waals surface area contributed by atoms with Crippen LogP contribution in [-0.2, 0) is 14.3 Å². The molecular formula is C8H12N2O5. The number of carboxylic acid groups (broad SMARTS) is 1. The van der Waals surface area contributed by atoms with Crippen molar-refractivity contribution < 1.29 is 24.2 Å². The van der Waals surface area contributed by atoms with E-state index in [9.17, 15) is 14.4 Å². The zero-order valence-electron chi connectivity index (χ0n) is 8.01. The first-order valence-electron chi connectivity index (χ1n) is 4.02. The third-order valence-electron chi connectivity index (χ3n) is 1.31. The Kier molecular flexibility index (Phi) is 5.72. The zero-order chi connectivity index (χ0) is 11.8. The molecule has 0 aliphatic rings. The largest absolute Gasteiger partial charge is 0.480 e. The third kappa shape index (κ3) is 4.77. The summed E-state index contributed by atoms with van der Waals surface area (Å²) >= 11 is 0. The molecule has 7 heteroatoms. The van der Waals surface area contributed by atoms with Crippen LogP contribution in [0.15, 0.2) is 12.7 Å². The minimum Gasteiger partial charge on any atom is -0.480 e. The van der Waals surface area contributed by atoms with Gasteiger partial charge in [0.15, 0.2) is 0 Å². The fraction of sp³-hybridized carbons (Fsp3) is 0.375. The van der Waals surface area contributed by atoms with Crippen molar-refractivity contribution in [3.63, 3.8) is 0 Å². The molecule has 0 unspecified atom stereocenters. The lowest BCUT2D eigenvalue weighted by atomic mass is 10.5. The van der Waals surface area contributed by atoms with Gasteiger partial charge in [0.1, 0.15) is 13.2 Å². The molecule has 0 heterocycles. The van der Waals surface area contributed by atoms with Crippen LogP contribution in [0, 0.1) is 0 Å². The van der Waals surface area contributed by atoms with E-state index >= 15 is 0 Å². The van der Waals surface area contributed by atoms with E-state index in [4.69, 9.17) is 10.8 Å². The summed E-state index contributed by atoms with van der Waals surface area (Å²) in [5.74, 6) is -2.14. The molecule has 0 aromatic heterocycles. The van der Waals surface area contributed by atoms with Crippen LogP contribution in [0.5, 0.6) is 0 Å².